The Bertz CT molecular complexity index is 226. The van der Waals surface area contributed by atoms with E-state index in [1.54, 1.807) is 12.2 Å². The summed E-state index contributed by atoms with van der Waals surface area (Å²) in [6.07, 6.45) is 6.82. The number of rotatable bonds is 3. The molecule has 0 unspecified atom stereocenters. The van der Waals surface area contributed by atoms with E-state index in [1.165, 1.54) is 6.08 Å². The summed E-state index contributed by atoms with van der Waals surface area (Å²) in [7, 11) is 0. The molecular weight excluding hydrogens is 172 g/mol. The van der Waals surface area contributed by atoms with Crippen LogP contribution >= 0.6 is 0 Å². The zero-order chi connectivity index (χ0) is 10.7. The first-order chi connectivity index (χ1) is 6.04. The summed E-state index contributed by atoms with van der Waals surface area (Å²) >= 11 is 0. The van der Waals surface area contributed by atoms with Crippen molar-refractivity contribution < 1.29 is 19.8 Å². The molecule has 0 amide bonds. The fourth-order valence-electron chi connectivity index (χ4n) is 0.249. The first-order valence-electron chi connectivity index (χ1n) is 3.42. The van der Waals surface area contributed by atoms with Crippen molar-refractivity contribution in [2.45, 2.75) is 6.92 Å². The minimum absolute atomic E-state index is 0.833. The number of hydrogen-bond donors (Lipinski definition) is 2. The smallest absolute Gasteiger partial charge is 0.328 e. The molecule has 0 saturated heterocycles. The molecule has 0 spiro atoms. The maximum Gasteiger partial charge on any atom is 0.328 e. The topological polar surface area (TPSA) is 74.6 Å². The van der Waals surface area contributed by atoms with E-state index in [0.29, 0.717) is 0 Å². The zero-order valence-corrected chi connectivity index (χ0v) is 7.30. The van der Waals surface area contributed by atoms with Crippen molar-refractivity contribution in [2.24, 2.45) is 0 Å². The van der Waals surface area contributed by atoms with Gasteiger partial charge >= 0.3 is 11.9 Å². The molecule has 0 fully saturated rings. The van der Waals surface area contributed by atoms with Gasteiger partial charge in [-0.05, 0) is 6.92 Å². The van der Waals surface area contributed by atoms with Crippen molar-refractivity contribution in [2.75, 3.05) is 0 Å². The van der Waals surface area contributed by atoms with Gasteiger partial charge in [0.05, 0.1) is 0 Å². The highest BCUT2D eigenvalue weighted by molar-refractivity contribution is 5.80. The van der Waals surface area contributed by atoms with Gasteiger partial charge in [0.25, 0.3) is 0 Å². The first-order valence-corrected chi connectivity index (χ1v) is 3.42. The molecule has 13 heavy (non-hydrogen) atoms. The molecule has 0 saturated carbocycles. The molecule has 0 atom stereocenters. The molecule has 4 nitrogen and oxygen atoms in total. The van der Waals surface area contributed by atoms with Crippen LogP contribution in [0.5, 0.6) is 0 Å². The van der Waals surface area contributed by atoms with E-state index in [0.717, 1.165) is 12.2 Å². The second-order valence-corrected chi connectivity index (χ2v) is 1.77. The normalized spacial score (nSPS) is 9.31. The SMILES string of the molecule is C/C=C/C=C/C(=O)O.C=CC(=O)O. The molecule has 72 valence electrons. The van der Waals surface area contributed by atoms with Crippen LogP contribution in [0.1, 0.15) is 6.92 Å². The van der Waals surface area contributed by atoms with E-state index < -0.39 is 11.9 Å². The molecule has 0 aromatic heterocycles. The molecule has 0 bridgehead atoms. The lowest BCUT2D eigenvalue weighted by atomic mass is 10.4. The minimum Gasteiger partial charge on any atom is -0.478 e. The summed E-state index contributed by atoms with van der Waals surface area (Å²) in [5, 5.41) is 15.6. The second kappa shape index (κ2) is 10.2. The van der Waals surface area contributed by atoms with Crippen molar-refractivity contribution >= 4 is 11.9 Å². The second-order valence-electron chi connectivity index (χ2n) is 1.77. The van der Waals surface area contributed by atoms with Crippen LogP contribution in [-0.2, 0) is 9.59 Å². The van der Waals surface area contributed by atoms with Gasteiger partial charge in [0.2, 0.25) is 0 Å². The highest BCUT2D eigenvalue weighted by atomic mass is 16.4. The van der Waals surface area contributed by atoms with Crippen LogP contribution < -0.4 is 0 Å². The monoisotopic (exact) mass is 184 g/mol. The Morgan fingerprint density at radius 2 is 1.62 bits per heavy atom. The van der Waals surface area contributed by atoms with E-state index in [4.69, 9.17) is 10.2 Å². The van der Waals surface area contributed by atoms with Crippen LogP contribution in [-0.4, -0.2) is 22.2 Å². The van der Waals surface area contributed by atoms with Crippen LogP contribution in [0.15, 0.2) is 37.0 Å². The van der Waals surface area contributed by atoms with Crippen molar-refractivity contribution in [3.8, 4) is 0 Å². The van der Waals surface area contributed by atoms with Crippen LogP contribution in [0, 0.1) is 0 Å². The van der Waals surface area contributed by atoms with Crippen molar-refractivity contribution in [3.63, 3.8) is 0 Å². The third-order valence-electron chi connectivity index (χ3n) is 0.717. The van der Waals surface area contributed by atoms with E-state index >= 15 is 0 Å². The minimum atomic E-state index is -0.981. The van der Waals surface area contributed by atoms with Gasteiger partial charge in [0.15, 0.2) is 0 Å². The van der Waals surface area contributed by atoms with Gasteiger partial charge in [-0.2, -0.15) is 0 Å². The van der Waals surface area contributed by atoms with Crippen molar-refractivity contribution in [1.82, 2.24) is 0 Å². The number of allylic oxidation sites excluding steroid dienone is 3. The maximum absolute atomic E-state index is 9.75. The molecule has 0 aromatic carbocycles. The number of carboxylic acids is 2. The van der Waals surface area contributed by atoms with Crippen molar-refractivity contribution in [1.29, 1.82) is 0 Å². The molecule has 0 rings (SSSR count). The Morgan fingerprint density at radius 3 is 1.85 bits per heavy atom. The van der Waals surface area contributed by atoms with Gasteiger partial charge in [-0.3, -0.25) is 0 Å². The summed E-state index contributed by atoms with van der Waals surface area (Å²) in [5.41, 5.74) is 0. The Balaban J connectivity index is 0. The molecule has 0 radical (unpaired) electrons. The van der Waals surface area contributed by atoms with Crippen molar-refractivity contribution in [3.05, 3.63) is 37.0 Å². The van der Waals surface area contributed by atoms with Gasteiger partial charge in [-0.1, -0.05) is 24.8 Å². The zero-order valence-electron chi connectivity index (χ0n) is 7.30. The Hall–Kier alpha value is -1.84. The third-order valence-corrected chi connectivity index (χ3v) is 0.717. The Morgan fingerprint density at radius 1 is 1.15 bits per heavy atom. The molecule has 0 aliphatic rings. The van der Waals surface area contributed by atoms with Gasteiger partial charge < -0.3 is 10.2 Å². The van der Waals surface area contributed by atoms with Gasteiger partial charge in [-0.15, -0.1) is 0 Å². The molecular formula is C9H12O4. The maximum atomic E-state index is 9.75. The first kappa shape index (κ1) is 13.7. The Labute approximate surface area is 76.5 Å². The molecule has 0 aromatic rings. The summed E-state index contributed by atoms with van der Waals surface area (Å²) in [6.45, 7) is 4.79. The molecule has 2 N–H and O–H groups in total. The summed E-state index contributed by atoms with van der Waals surface area (Å²) in [6, 6.07) is 0. The van der Waals surface area contributed by atoms with E-state index in [1.807, 2.05) is 6.92 Å². The summed E-state index contributed by atoms with van der Waals surface area (Å²) in [5.74, 6) is -1.90. The lowest BCUT2D eigenvalue weighted by Gasteiger charge is -1.72. The van der Waals surface area contributed by atoms with E-state index in [9.17, 15) is 9.59 Å². The molecule has 0 heterocycles. The largest absolute Gasteiger partial charge is 0.478 e. The average Bonchev–Trinajstić information content (AvgIpc) is 2.05. The molecule has 0 aliphatic heterocycles. The fraction of sp³-hybridized carbons (Fsp3) is 0.111. The number of aliphatic carboxylic acids is 2. The van der Waals surface area contributed by atoms with Crippen LogP contribution in [0.3, 0.4) is 0 Å². The van der Waals surface area contributed by atoms with Crippen LogP contribution in [0.4, 0.5) is 0 Å². The highest BCUT2D eigenvalue weighted by Crippen LogP contribution is 1.74. The summed E-state index contributed by atoms with van der Waals surface area (Å²) in [4.78, 5) is 19.0. The van der Waals surface area contributed by atoms with Gasteiger partial charge in [0.1, 0.15) is 0 Å². The fourth-order valence-corrected chi connectivity index (χ4v) is 0.249. The van der Waals surface area contributed by atoms with Crippen LogP contribution in [0.2, 0.25) is 0 Å². The van der Waals surface area contributed by atoms with Gasteiger partial charge in [-0.25, -0.2) is 9.59 Å². The number of carboxylic acid groups (broad SMARTS) is 2. The number of hydrogen-bond acceptors (Lipinski definition) is 2. The molecule has 4 heteroatoms. The van der Waals surface area contributed by atoms with Gasteiger partial charge in [0, 0.05) is 12.2 Å². The van der Waals surface area contributed by atoms with Crippen LogP contribution in [0.25, 0.3) is 0 Å². The summed E-state index contributed by atoms with van der Waals surface area (Å²) < 4.78 is 0. The third kappa shape index (κ3) is 25.4. The quantitative estimate of drug-likeness (QED) is 0.514. The number of carbonyl (C=O) groups is 2. The predicted octanol–water partition coefficient (Wildman–Crippen LogP) is 1.46. The highest BCUT2D eigenvalue weighted by Gasteiger charge is 1.78. The standard InChI is InChI=1S/C6H8O2.C3H4O2/c1-2-3-4-5-6(7)8;1-2-3(4)5/h2-5H,1H3,(H,7,8);2H,1H2,(H,4,5)/b3-2+,5-4+;. The average molecular weight is 184 g/mol. The lowest BCUT2D eigenvalue weighted by molar-refractivity contribution is -0.132. The lowest BCUT2D eigenvalue weighted by Crippen LogP contribution is -1.83. The van der Waals surface area contributed by atoms with E-state index in [2.05, 4.69) is 6.58 Å². The predicted molar refractivity (Wildman–Crippen MR) is 49.4 cm³/mol. The van der Waals surface area contributed by atoms with E-state index in [-0.39, 0.29) is 0 Å². The Kier molecular flexibility index (Phi) is 10.7. The molecule has 0 aliphatic carbocycles.